The first-order chi connectivity index (χ1) is 18.1. The topological polar surface area (TPSA) is 126 Å². The average molecular weight is 536 g/mol. The minimum atomic E-state index is -2.34. The lowest BCUT2D eigenvalue weighted by atomic mass is 10.1. The van der Waals surface area contributed by atoms with Gasteiger partial charge >= 0.3 is 0 Å². The van der Waals surface area contributed by atoms with Crippen LogP contribution in [-0.4, -0.2) is 65.8 Å². The van der Waals surface area contributed by atoms with Gasteiger partial charge in [-0.15, -0.1) is 0 Å². The van der Waals surface area contributed by atoms with Crippen LogP contribution in [0.25, 0.3) is 22.3 Å². The van der Waals surface area contributed by atoms with Crippen LogP contribution >= 0.6 is 0 Å². The van der Waals surface area contributed by atoms with E-state index in [1.165, 1.54) is 0 Å². The van der Waals surface area contributed by atoms with Gasteiger partial charge in [-0.1, -0.05) is 0 Å². The summed E-state index contributed by atoms with van der Waals surface area (Å²) in [5.41, 5.74) is 4.52. The highest BCUT2D eigenvalue weighted by Crippen LogP contribution is 2.32. The lowest BCUT2D eigenvalue weighted by Crippen LogP contribution is -2.23. The van der Waals surface area contributed by atoms with E-state index in [9.17, 15) is 9.00 Å². The monoisotopic (exact) mass is 535 g/mol. The molecule has 2 aliphatic heterocycles. The fourth-order valence-corrected chi connectivity index (χ4v) is 5.62. The predicted octanol–water partition coefficient (Wildman–Crippen LogP) is 3.69. The third-order valence-electron chi connectivity index (χ3n) is 6.65. The van der Waals surface area contributed by atoms with Crippen molar-refractivity contribution in [1.82, 2.24) is 24.3 Å². The molecule has 38 heavy (non-hydrogen) atoms. The van der Waals surface area contributed by atoms with Gasteiger partial charge in [0, 0.05) is 40.5 Å². The molecule has 0 saturated carbocycles. The SMILES string of the molecule is Cc1cc2cc(n1)-c1cnn(C)c1OCC1CCC(Cn3c(nc4ccc(N=S(C)(C)=O)cc43)NC2=O)O1. The largest absolute Gasteiger partial charge is 0.475 e. The van der Waals surface area contributed by atoms with Crippen LogP contribution in [0.2, 0.25) is 0 Å². The van der Waals surface area contributed by atoms with Crippen LogP contribution in [0, 0.1) is 6.92 Å². The van der Waals surface area contributed by atoms with Crippen LogP contribution in [0.4, 0.5) is 11.6 Å². The Morgan fingerprint density at radius 3 is 2.76 bits per heavy atom. The van der Waals surface area contributed by atoms with Crippen LogP contribution in [0.5, 0.6) is 5.88 Å². The van der Waals surface area contributed by atoms with E-state index in [0.29, 0.717) is 58.7 Å². The maximum Gasteiger partial charge on any atom is 0.258 e. The molecule has 0 spiro atoms. The predicted molar refractivity (Wildman–Crippen MR) is 144 cm³/mol. The molecule has 1 saturated heterocycles. The molecule has 3 aromatic heterocycles. The Morgan fingerprint density at radius 2 is 1.95 bits per heavy atom. The molecule has 12 heteroatoms. The van der Waals surface area contributed by atoms with Crippen molar-refractivity contribution in [3.8, 4) is 17.1 Å². The number of carbonyl (C=O) groups is 1. The highest BCUT2D eigenvalue weighted by molar-refractivity contribution is 7.92. The van der Waals surface area contributed by atoms with Gasteiger partial charge in [0.1, 0.15) is 6.61 Å². The van der Waals surface area contributed by atoms with Crippen LogP contribution < -0.4 is 10.1 Å². The second kappa shape index (κ2) is 9.21. The number of nitrogens with zero attached hydrogens (tertiary/aromatic N) is 6. The van der Waals surface area contributed by atoms with Gasteiger partial charge in [0.05, 0.1) is 52.9 Å². The standard InChI is InChI=1S/C26H29N7O4S/c1-15-9-16-10-22(28-15)20-12-27-32(2)25(20)36-14-19-7-6-18(37-19)13-33-23-11-17(31-38(3,4)35)5-8-21(23)29-26(33)30-24(16)34/h5,8-12,18-19H,6-7,13-14H2,1-4H3,(H,29,30,34). The van der Waals surface area contributed by atoms with Gasteiger partial charge in [0.25, 0.3) is 5.91 Å². The number of aryl methyl sites for hydroxylation is 2. The van der Waals surface area contributed by atoms with Crippen LogP contribution in [0.3, 0.4) is 0 Å². The van der Waals surface area contributed by atoms with Crippen LogP contribution in [-0.2, 0) is 28.1 Å². The zero-order valence-electron chi connectivity index (χ0n) is 21.7. The summed E-state index contributed by atoms with van der Waals surface area (Å²) in [5, 5.41) is 7.36. The van der Waals surface area contributed by atoms with Gasteiger partial charge < -0.3 is 14.0 Å². The molecular formula is C26H29N7O4S. The summed E-state index contributed by atoms with van der Waals surface area (Å²) in [6.45, 7) is 2.70. The van der Waals surface area contributed by atoms with E-state index in [2.05, 4.69) is 19.8 Å². The third-order valence-corrected chi connectivity index (χ3v) is 7.30. The number of amides is 1. The normalized spacial score (nSPS) is 19.6. The van der Waals surface area contributed by atoms with Crippen molar-refractivity contribution in [3.63, 3.8) is 0 Å². The maximum absolute atomic E-state index is 13.5. The Hall–Kier alpha value is -3.77. The molecule has 2 atom stereocenters. The second-order valence-electron chi connectivity index (χ2n) is 10.1. The summed E-state index contributed by atoms with van der Waals surface area (Å²) in [5.74, 6) is 0.678. The van der Waals surface area contributed by atoms with Gasteiger partial charge in [-0.3, -0.25) is 15.1 Å². The molecule has 2 unspecified atom stereocenters. The molecule has 0 aliphatic carbocycles. The van der Waals surface area contributed by atoms with Gasteiger partial charge in [0.15, 0.2) is 0 Å². The number of pyridine rings is 1. The molecule has 198 valence electrons. The number of anilines is 1. The number of hydrogen-bond donors (Lipinski definition) is 1. The molecular weight excluding hydrogens is 506 g/mol. The van der Waals surface area contributed by atoms with E-state index in [1.54, 1.807) is 41.6 Å². The van der Waals surface area contributed by atoms with Crippen LogP contribution in [0.1, 0.15) is 28.9 Å². The summed E-state index contributed by atoms with van der Waals surface area (Å²) in [7, 11) is -0.527. The fourth-order valence-electron chi connectivity index (χ4n) is 5.00. The zero-order valence-corrected chi connectivity index (χ0v) is 22.5. The second-order valence-corrected chi connectivity index (χ2v) is 12.6. The molecule has 1 N–H and O–H groups in total. The number of benzene rings is 1. The number of fused-ring (bicyclic) bond motifs is 9. The summed E-state index contributed by atoms with van der Waals surface area (Å²) >= 11 is 0. The number of aromatic nitrogens is 5. The van der Waals surface area contributed by atoms with Crippen LogP contribution in [0.15, 0.2) is 40.9 Å². The number of rotatable bonds is 1. The van der Waals surface area contributed by atoms with Crippen molar-refractivity contribution in [2.75, 3.05) is 24.4 Å². The molecule has 1 amide bonds. The van der Waals surface area contributed by atoms with Crippen molar-refractivity contribution in [3.05, 3.63) is 47.8 Å². The van der Waals surface area contributed by atoms with E-state index in [0.717, 1.165) is 18.4 Å². The number of ether oxygens (including phenoxy) is 2. The van der Waals surface area contributed by atoms with Crippen molar-refractivity contribution in [2.45, 2.75) is 38.5 Å². The quantitative estimate of drug-likeness (QED) is 0.394. The molecule has 0 radical (unpaired) electrons. The van der Waals surface area contributed by atoms with Crippen molar-refractivity contribution in [2.24, 2.45) is 11.4 Å². The van der Waals surface area contributed by atoms with E-state index in [-0.39, 0.29) is 18.1 Å². The molecule has 1 fully saturated rings. The molecule has 4 bridgehead atoms. The van der Waals surface area contributed by atoms with Crippen molar-refractivity contribution in [1.29, 1.82) is 0 Å². The van der Waals surface area contributed by atoms with Gasteiger partial charge in [-0.2, -0.15) is 9.46 Å². The summed E-state index contributed by atoms with van der Waals surface area (Å²) in [6.07, 6.45) is 6.38. The first-order valence-electron chi connectivity index (χ1n) is 12.4. The Morgan fingerprint density at radius 1 is 1.13 bits per heavy atom. The average Bonchev–Trinajstić information content (AvgIpc) is 3.54. The third kappa shape index (κ3) is 4.76. The lowest BCUT2D eigenvalue weighted by molar-refractivity contribution is 0.00993. The number of imidazole rings is 1. The maximum atomic E-state index is 13.5. The lowest BCUT2D eigenvalue weighted by Gasteiger charge is -2.17. The number of carbonyl (C=O) groups excluding carboxylic acids is 1. The Labute approximate surface area is 220 Å². The molecule has 2 aliphatic rings. The molecule has 4 aromatic rings. The summed E-state index contributed by atoms with van der Waals surface area (Å²) < 4.78 is 32.8. The highest BCUT2D eigenvalue weighted by Gasteiger charge is 2.29. The summed E-state index contributed by atoms with van der Waals surface area (Å²) in [4.78, 5) is 22.9. The smallest absolute Gasteiger partial charge is 0.258 e. The summed E-state index contributed by atoms with van der Waals surface area (Å²) in [6, 6.07) is 8.94. The molecule has 11 nitrogen and oxygen atoms in total. The minimum absolute atomic E-state index is 0.0860. The Balaban J connectivity index is 1.48. The molecule has 5 heterocycles. The molecule has 6 rings (SSSR count). The first-order valence-corrected chi connectivity index (χ1v) is 14.7. The van der Waals surface area contributed by atoms with Gasteiger partial charge in [-0.05, 0) is 50.1 Å². The van der Waals surface area contributed by atoms with E-state index in [1.807, 2.05) is 30.7 Å². The van der Waals surface area contributed by atoms with Crippen molar-refractivity contribution < 1.29 is 18.5 Å². The number of nitrogens with one attached hydrogen (secondary N) is 1. The Bertz CT molecular complexity index is 1690. The minimum Gasteiger partial charge on any atom is -0.475 e. The Kier molecular flexibility index (Phi) is 5.95. The van der Waals surface area contributed by atoms with Crippen molar-refractivity contribution >= 4 is 38.3 Å². The fraction of sp³-hybridized carbons (Fsp3) is 0.385. The first kappa shape index (κ1) is 24.6. The highest BCUT2D eigenvalue weighted by atomic mass is 32.2. The molecule has 1 aromatic carbocycles. The zero-order chi connectivity index (χ0) is 26.6. The van der Waals surface area contributed by atoms with Gasteiger partial charge in [0.2, 0.25) is 11.8 Å². The van der Waals surface area contributed by atoms with E-state index < -0.39 is 9.73 Å². The van der Waals surface area contributed by atoms with E-state index >= 15 is 0 Å². The number of hydrogen-bond acceptors (Lipinski definition) is 8. The van der Waals surface area contributed by atoms with Gasteiger partial charge in [-0.25, -0.2) is 13.9 Å². The van der Waals surface area contributed by atoms with E-state index in [4.69, 9.17) is 14.5 Å².